The van der Waals surface area contributed by atoms with Gasteiger partial charge in [-0.25, -0.2) is 8.42 Å². The van der Waals surface area contributed by atoms with Crippen LogP contribution in [-0.2, 0) is 14.8 Å². The first kappa shape index (κ1) is 16.3. The molecule has 0 atom stereocenters. The van der Waals surface area contributed by atoms with E-state index in [-0.39, 0.29) is 15.8 Å². The van der Waals surface area contributed by atoms with Crippen LogP contribution in [0, 0.1) is 0 Å². The van der Waals surface area contributed by atoms with Crippen LogP contribution in [0.25, 0.3) is 0 Å². The number of benzene rings is 1. The number of sulfonamides is 1. The van der Waals surface area contributed by atoms with Gasteiger partial charge >= 0.3 is 0 Å². The molecular formula is C14H19ClN2O3S. The standard InChI is InChI=1S/C14H19ClN2O3S/c1-2-14(18)16-11-6-7-12(15)13(10-11)21(19,20)17-8-4-3-5-9-17/h6-7,10H,2-5,8-9H2,1H3,(H,16,18). The van der Waals surface area contributed by atoms with Gasteiger partial charge in [-0.15, -0.1) is 0 Å². The Hall–Kier alpha value is -1.11. The topological polar surface area (TPSA) is 66.5 Å². The quantitative estimate of drug-likeness (QED) is 0.923. The fourth-order valence-corrected chi connectivity index (χ4v) is 4.29. The van der Waals surface area contributed by atoms with Gasteiger partial charge in [-0.05, 0) is 31.0 Å². The second-order valence-corrected chi connectivity index (χ2v) is 7.33. The lowest BCUT2D eigenvalue weighted by atomic mass is 10.2. The van der Waals surface area contributed by atoms with Gasteiger partial charge in [-0.3, -0.25) is 4.79 Å². The van der Waals surface area contributed by atoms with Crippen molar-refractivity contribution in [3.05, 3.63) is 23.2 Å². The highest BCUT2D eigenvalue weighted by Crippen LogP contribution is 2.29. The summed E-state index contributed by atoms with van der Waals surface area (Å²) in [5.41, 5.74) is 0.446. The zero-order valence-electron chi connectivity index (χ0n) is 11.9. The number of anilines is 1. The molecule has 1 aromatic rings. The molecule has 0 spiro atoms. The monoisotopic (exact) mass is 330 g/mol. The van der Waals surface area contributed by atoms with E-state index in [9.17, 15) is 13.2 Å². The molecule has 0 radical (unpaired) electrons. The second-order valence-electron chi connectivity index (χ2n) is 5.01. The molecule has 1 aliphatic heterocycles. The normalized spacial score (nSPS) is 16.7. The molecule has 0 saturated carbocycles. The van der Waals surface area contributed by atoms with E-state index >= 15 is 0 Å². The largest absolute Gasteiger partial charge is 0.326 e. The number of carbonyl (C=O) groups is 1. The number of hydrogen-bond acceptors (Lipinski definition) is 3. The maximum Gasteiger partial charge on any atom is 0.244 e. The lowest BCUT2D eigenvalue weighted by Crippen LogP contribution is -2.35. The minimum atomic E-state index is -3.61. The molecule has 1 saturated heterocycles. The Bertz CT molecular complexity index is 625. The van der Waals surface area contributed by atoms with Crippen molar-refractivity contribution in [3.63, 3.8) is 0 Å². The fraction of sp³-hybridized carbons (Fsp3) is 0.500. The summed E-state index contributed by atoms with van der Waals surface area (Å²) in [4.78, 5) is 11.5. The minimum absolute atomic E-state index is 0.0555. The molecule has 1 heterocycles. The molecule has 2 rings (SSSR count). The Morgan fingerprint density at radius 3 is 2.57 bits per heavy atom. The number of nitrogens with zero attached hydrogens (tertiary/aromatic N) is 1. The third-order valence-corrected chi connectivity index (χ3v) is 5.85. The molecule has 1 aromatic carbocycles. The molecule has 7 heteroatoms. The molecule has 1 amide bonds. The summed E-state index contributed by atoms with van der Waals surface area (Å²) in [6.45, 7) is 2.77. The summed E-state index contributed by atoms with van der Waals surface area (Å²) >= 11 is 6.05. The molecule has 21 heavy (non-hydrogen) atoms. The zero-order chi connectivity index (χ0) is 15.5. The van der Waals surface area contributed by atoms with Gasteiger partial charge in [0, 0.05) is 25.2 Å². The molecule has 0 bridgehead atoms. The molecule has 116 valence electrons. The van der Waals surface area contributed by atoms with Crippen LogP contribution in [-0.4, -0.2) is 31.7 Å². The lowest BCUT2D eigenvalue weighted by Gasteiger charge is -2.26. The predicted molar refractivity (Wildman–Crippen MR) is 83.0 cm³/mol. The second kappa shape index (κ2) is 6.77. The molecule has 1 aliphatic rings. The van der Waals surface area contributed by atoms with Gasteiger partial charge in [0.25, 0.3) is 0 Å². The first-order valence-electron chi connectivity index (χ1n) is 7.04. The van der Waals surface area contributed by atoms with Crippen LogP contribution < -0.4 is 5.32 Å². The summed E-state index contributed by atoms with van der Waals surface area (Å²) < 4.78 is 26.8. The van der Waals surface area contributed by atoms with Gasteiger partial charge in [0.05, 0.1) is 5.02 Å². The van der Waals surface area contributed by atoms with Crippen LogP contribution in [0.15, 0.2) is 23.1 Å². The number of piperidine rings is 1. The smallest absolute Gasteiger partial charge is 0.244 e. The van der Waals surface area contributed by atoms with Gasteiger partial charge in [0.2, 0.25) is 15.9 Å². The van der Waals surface area contributed by atoms with E-state index < -0.39 is 10.0 Å². The number of hydrogen-bond donors (Lipinski definition) is 1. The highest BCUT2D eigenvalue weighted by molar-refractivity contribution is 7.89. The van der Waals surface area contributed by atoms with E-state index in [0.717, 1.165) is 19.3 Å². The third-order valence-electron chi connectivity index (χ3n) is 3.47. The molecule has 0 aromatic heterocycles. The van der Waals surface area contributed by atoms with Crippen molar-refractivity contribution in [2.45, 2.75) is 37.5 Å². The van der Waals surface area contributed by atoms with Gasteiger partial charge in [0.15, 0.2) is 0 Å². The van der Waals surface area contributed by atoms with Crippen molar-refractivity contribution < 1.29 is 13.2 Å². The van der Waals surface area contributed by atoms with Crippen molar-refractivity contribution in [1.29, 1.82) is 0 Å². The van der Waals surface area contributed by atoms with E-state index in [1.54, 1.807) is 13.0 Å². The molecule has 1 fully saturated rings. The van der Waals surface area contributed by atoms with Crippen LogP contribution >= 0.6 is 11.6 Å². The summed E-state index contributed by atoms with van der Waals surface area (Å²) in [6, 6.07) is 4.54. The Kier molecular flexibility index (Phi) is 5.24. The summed E-state index contributed by atoms with van der Waals surface area (Å²) in [5, 5.41) is 2.83. The van der Waals surface area contributed by atoms with Crippen molar-refractivity contribution in [2.24, 2.45) is 0 Å². The number of carbonyl (C=O) groups excluding carboxylic acids is 1. The number of nitrogens with one attached hydrogen (secondary N) is 1. The molecule has 5 nitrogen and oxygen atoms in total. The Morgan fingerprint density at radius 2 is 1.95 bits per heavy atom. The van der Waals surface area contributed by atoms with Gasteiger partial charge < -0.3 is 5.32 Å². The first-order valence-corrected chi connectivity index (χ1v) is 8.86. The van der Waals surface area contributed by atoms with E-state index in [1.807, 2.05) is 0 Å². The Balaban J connectivity index is 2.33. The minimum Gasteiger partial charge on any atom is -0.326 e. The zero-order valence-corrected chi connectivity index (χ0v) is 13.5. The lowest BCUT2D eigenvalue weighted by molar-refractivity contribution is -0.115. The highest BCUT2D eigenvalue weighted by Gasteiger charge is 2.28. The fourth-order valence-electron chi connectivity index (χ4n) is 2.27. The summed E-state index contributed by atoms with van der Waals surface area (Å²) in [6.07, 6.45) is 3.11. The number of amides is 1. The molecule has 1 N–H and O–H groups in total. The summed E-state index contributed by atoms with van der Waals surface area (Å²) in [7, 11) is -3.61. The highest BCUT2D eigenvalue weighted by atomic mass is 35.5. The molecule has 0 unspecified atom stereocenters. The van der Waals surface area contributed by atoms with Crippen molar-refractivity contribution in [1.82, 2.24) is 4.31 Å². The third kappa shape index (κ3) is 3.75. The SMILES string of the molecule is CCC(=O)Nc1ccc(Cl)c(S(=O)(=O)N2CCCCC2)c1. The van der Waals surface area contributed by atoms with Crippen LogP contribution in [0.1, 0.15) is 32.6 Å². The van der Waals surface area contributed by atoms with E-state index in [4.69, 9.17) is 11.6 Å². The van der Waals surface area contributed by atoms with Crippen LogP contribution in [0.2, 0.25) is 5.02 Å². The van der Waals surface area contributed by atoms with Crippen molar-refractivity contribution in [3.8, 4) is 0 Å². The van der Waals surface area contributed by atoms with E-state index in [0.29, 0.717) is 25.2 Å². The Morgan fingerprint density at radius 1 is 1.29 bits per heavy atom. The van der Waals surface area contributed by atoms with Crippen LogP contribution in [0.5, 0.6) is 0 Å². The van der Waals surface area contributed by atoms with Crippen molar-refractivity contribution >= 4 is 33.2 Å². The summed E-state index contributed by atoms with van der Waals surface area (Å²) in [5.74, 6) is -0.168. The number of halogens is 1. The predicted octanol–water partition coefficient (Wildman–Crippen LogP) is 2.86. The molecular weight excluding hydrogens is 312 g/mol. The Labute approximate surface area is 130 Å². The average molecular weight is 331 g/mol. The van der Waals surface area contributed by atoms with Gasteiger partial charge in [0.1, 0.15) is 4.90 Å². The van der Waals surface area contributed by atoms with Crippen LogP contribution in [0.4, 0.5) is 5.69 Å². The maximum absolute atomic E-state index is 12.6. The van der Waals surface area contributed by atoms with E-state index in [2.05, 4.69) is 5.32 Å². The maximum atomic E-state index is 12.6. The van der Waals surface area contributed by atoms with Crippen molar-refractivity contribution in [2.75, 3.05) is 18.4 Å². The van der Waals surface area contributed by atoms with Crippen LogP contribution in [0.3, 0.4) is 0 Å². The first-order chi connectivity index (χ1) is 9.95. The number of rotatable bonds is 4. The van der Waals surface area contributed by atoms with E-state index in [1.165, 1.54) is 16.4 Å². The van der Waals surface area contributed by atoms with Gasteiger partial charge in [-0.1, -0.05) is 24.9 Å². The van der Waals surface area contributed by atoms with Gasteiger partial charge in [-0.2, -0.15) is 4.31 Å². The molecule has 0 aliphatic carbocycles. The average Bonchev–Trinajstić information content (AvgIpc) is 2.49.